The summed E-state index contributed by atoms with van der Waals surface area (Å²) in [5, 5.41) is 0. The van der Waals surface area contributed by atoms with Gasteiger partial charge in [0, 0.05) is 25.5 Å². The molecular weight excluding hydrogens is 520 g/mol. The third-order valence-corrected chi connectivity index (χ3v) is 10.1. The average molecular weight is 603 g/mol. The van der Waals surface area contributed by atoms with Gasteiger partial charge < -0.3 is 9.80 Å². The molecule has 0 aromatic heterocycles. The van der Waals surface area contributed by atoms with Crippen molar-refractivity contribution in [2.45, 2.75) is 239 Å². The number of nitrogens with zero attached hydrogens (tertiary/aromatic N) is 2. The van der Waals surface area contributed by atoms with Gasteiger partial charge >= 0.3 is 0 Å². The molecule has 0 N–H and O–H groups in total. The highest BCUT2D eigenvalue weighted by molar-refractivity contribution is 4.97. The molecule has 1 aliphatic heterocycles. The van der Waals surface area contributed by atoms with Gasteiger partial charge in [0.05, 0.1) is 0 Å². The van der Waals surface area contributed by atoms with E-state index < -0.39 is 0 Å². The second-order valence-electron chi connectivity index (χ2n) is 14.3. The van der Waals surface area contributed by atoms with Crippen LogP contribution in [0.15, 0.2) is 12.4 Å². The molecule has 0 spiro atoms. The van der Waals surface area contributed by atoms with E-state index in [2.05, 4.69) is 43.0 Å². The molecule has 1 heterocycles. The lowest BCUT2D eigenvalue weighted by molar-refractivity contribution is 0.135. The van der Waals surface area contributed by atoms with E-state index in [9.17, 15) is 0 Å². The van der Waals surface area contributed by atoms with E-state index in [0.29, 0.717) is 6.17 Å². The summed E-state index contributed by atoms with van der Waals surface area (Å²) >= 11 is 0. The van der Waals surface area contributed by atoms with Gasteiger partial charge in [-0.25, -0.2) is 0 Å². The van der Waals surface area contributed by atoms with Crippen molar-refractivity contribution in [1.82, 2.24) is 9.80 Å². The Morgan fingerprint density at radius 2 is 0.535 bits per heavy atom. The Labute approximate surface area is 273 Å². The Balaban J connectivity index is 2.13. The summed E-state index contributed by atoms with van der Waals surface area (Å²) in [6.45, 7) is 9.48. The van der Waals surface area contributed by atoms with Gasteiger partial charge in [-0.05, 0) is 25.7 Å². The number of hydrogen-bond acceptors (Lipinski definition) is 2. The van der Waals surface area contributed by atoms with Crippen LogP contribution >= 0.6 is 0 Å². The number of hydrogen-bond donors (Lipinski definition) is 0. The summed E-state index contributed by atoms with van der Waals surface area (Å²) in [7, 11) is 0. The predicted octanol–water partition coefficient (Wildman–Crippen LogP) is 14.3. The largest absolute Gasteiger partial charge is 0.356 e. The molecule has 0 saturated heterocycles. The molecule has 0 saturated carbocycles. The van der Waals surface area contributed by atoms with Crippen LogP contribution in [-0.2, 0) is 0 Å². The van der Waals surface area contributed by atoms with Crippen LogP contribution in [-0.4, -0.2) is 29.1 Å². The van der Waals surface area contributed by atoms with Gasteiger partial charge in [0.1, 0.15) is 6.17 Å². The molecule has 256 valence electrons. The van der Waals surface area contributed by atoms with Gasteiger partial charge in [-0.2, -0.15) is 0 Å². The molecule has 1 rings (SSSR count). The summed E-state index contributed by atoms with van der Waals surface area (Å²) in [6, 6.07) is 0. The Bertz CT molecular complexity index is 558. The van der Waals surface area contributed by atoms with Crippen molar-refractivity contribution >= 4 is 0 Å². The van der Waals surface area contributed by atoms with Crippen molar-refractivity contribution in [2.24, 2.45) is 0 Å². The normalized spacial score (nSPS) is 14.9. The molecular formula is C41H82N2. The fourth-order valence-corrected chi connectivity index (χ4v) is 7.07. The zero-order valence-electron chi connectivity index (χ0n) is 30.4. The highest BCUT2D eigenvalue weighted by Crippen LogP contribution is 2.24. The van der Waals surface area contributed by atoms with E-state index in [1.807, 2.05) is 0 Å². The smallest absolute Gasteiger partial charge is 0.101 e. The molecule has 0 amide bonds. The van der Waals surface area contributed by atoms with Gasteiger partial charge in [0.25, 0.3) is 0 Å². The summed E-state index contributed by atoms with van der Waals surface area (Å²) in [5.74, 6) is 0. The highest BCUT2D eigenvalue weighted by Gasteiger charge is 2.24. The van der Waals surface area contributed by atoms with Crippen LogP contribution in [0.3, 0.4) is 0 Å². The molecule has 1 aliphatic rings. The van der Waals surface area contributed by atoms with Gasteiger partial charge in [-0.1, -0.05) is 207 Å². The molecule has 0 bridgehead atoms. The van der Waals surface area contributed by atoms with Crippen molar-refractivity contribution in [3.63, 3.8) is 0 Å². The van der Waals surface area contributed by atoms with Crippen LogP contribution in [0.25, 0.3) is 0 Å². The first-order valence-electron chi connectivity index (χ1n) is 20.5. The lowest BCUT2D eigenvalue weighted by atomic mass is 10.0. The van der Waals surface area contributed by atoms with E-state index in [-0.39, 0.29) is 0 Å². The highest BCUT2D eigenvalue weighted by atomic mass is 15.4. The molecule has 1 atom stereocenters. The van der Waals surface area contributed by atoms with E-state index in [0.717, 1.165) is 0 Å². The second kappa shape index (κ2) is 32.7. The van der Waals surface area contributed by atoms with Crippen LogP contribution in [0, 0.1) is 0 Å². The van der Waals surface area contributed by atoms with E-state index >= 15 is 0 Å². The Morgan fingerprint density at radius 3 is 0.814 bits per heavy atom. The van der Waals surface area contributed by atoms with E-state index in [1.54, 1.807) is 0 Å². The molecule has 0 aliphatic carbocycles. The minimum Gasteiger partial charge on any atom is -0.356 e. The van der Waals surface area contributed by atoms with Crippen molar-refractivity contribution in [3.05, 3.63) is 12.4 Å². The van der Waals surface area contributed by atoms with Crippen LogP contribution in [0.4, 0.5) is 0 Å². The molecule has 2 heteroatoms. The zero-order chi connectivity index (χ0) is 30.9. The summed E-state index contributed by atoms with van der Waals surface area (Å²) in [4.78, 5) is 5.42. The molecule has 1 unspecified atom stereocenters. The monoisotopic (exact) mass is 603 g/mol. The first kappa shape index (κ1) is 40.4. The summed E-state index contributed by atoms with van der Waals surface area (Å²) < 4.78 is 0. The van der Waals surface area contributed by atoms with Gasteiger partial charge in [-0.3, -0.25) is 0 Å². The van der Waals surface area contributed by atoms with Crippen LogP contribution in [0.1, 0.15) is 233 Å². The predicted molar refractivity (Wildman–Crippen MR) is 196 cm³/mol. The summed E-state index contributed by atoms with van der Waals surface area (Å²) in [6.07, 6.45) is 52.9. The standard InChI is InChI=1S/C41H82N2/c1-4-7-10-13-15-17-19-20-21-22-23-24-26-28-30-33-36-41-42(37-34-31-12-9-6-3)39-40-43(41)38-35-32-29-27-25-18-16-14-11-8-5-2/h39-41H,4-38H2,1-3H3. The third kappa shape index (κ3) is 25.2. The Morgan fingerprint density at radius 1 is 0.302 bits per heavy atom. The zero-order valence-corrected chi connectivity index (χ0v) is 30.4. The first-order valence-corrected chi connectivity index (χ1v) is 20.5. The Kier molecular flexibility index (Phi) is 30.7. The minimum absolute atomic E-state index is 0.640. The van der Waals surface area contributed by atoms with E-state index in [4.69, 9.17) is 0 Å². The summed E-state index contributed by atoms with van der Waals surface area (Å²) in [5.41, 5.74) is 0. The Hall–Kier alpha value is -0.660. The maximum atomic E-state index is 2.71. The molecule has 2 nitrogen and oxygen atoms in total. The SMILES string of the molecule is CCCCCCCCCCCCCCCCCCC1N(CCCCCCC)C=CN1CCCCCCCCCCCCC. The fourth-order valence-electron chi connectivity index (χ4n) is 7.07. The maximum Gasteiger partial charge on any atom is 0.101 e. The van der Waals surface area contributed by atoms with Crippen molar-refractivity contribution < 1.29 is 0 Å². The van der Waals surface area contributed by atoms with Crippen LogP contribution in [0.5, 0.6) is 0 Å². The molecule has 0 aromatic rings. The van der Waals surface area contributed by atoms with Crippen molar-refractivity contribution in [1.29, 1.82) is 0 Å². The van der Waals surface area contributed by atoms with Crippen LogP contribution in [0.2, 0.25) is 0 Å². The number of unbranched alkanes of at least 4 members (excludes halogenated alkanes) is 29. The van der Waals surface area contributed by atoms with Gasteiger partial charge in [-0.15, -0.1) is 0 Å². The molecule has 0 fully saturated rings. The molecule has 43 heavy (non-hydrogen) atoms. The lowest BCUT2D eigenvalue weighted by Crippen LogP contribution is -2.39. The van der Waals surface area contributed by atoms with E-state index in [1.165, 1.54) is 225 Å². The first-order chi connectivity index (χ1) is 21.3. The fraction of sp³-hybridized carbons (Fsp3) is 0.951. The maximum absolute atomic E-state index is 2.71. The van der Waals surface area contributed by atoms with Crippen molar-refractivity contribution in [3.8, 4) is 0 Å². The van der Waals surface area contributed by atoms with Gasteiger partial charge in [0.15, 0.2) is 0 Å². The van der Waals surface area contributed by atoms with Crippen molar-refractivity contribution in [2.75, 3.05) is 13.1 Å². The van der Waals surface area contributed by atoms with Gasteiger partial charge in [0.2, 0.25) is 0 Å². The topological polar surface area (TPSA) is 6.48 Å². The molecule has 0 aromatic carbocycles. The average Bonchev–Trinajstić information content (AvgIpc) is 3.40. The second-order valence-corrected chi connectivity index (χ2v) is 14.3. The molecule has 0 radical (unpaired) electrons. The minimum atomic E-state index is 0.640. The lowest BCUT2D eigenvalue weighted by Gasteiger charge is -2.33. The quantitative estimate of drug-likeness (QED) is 0.0666. The van der Waals surface area contributed by atoms with Crippen LogP contribution < -0.4 is 0 Å². The number of rotatable bonds is 35. The third-order valence-electron chi connectivity index (χ3n) is 10.1.